The Balaban J connectivity index is 3.01. The summed E-state index contributed by atoms with van der Waals surface area (Å²) in [7, 11) is 0. The molecule has 15 heavy (non-hydrogen) atoms. The van der Waals surface area contributed by atoms with Gasteiger partial charge in [-0.3, -0.25) is 0 Å². The number of anilines is 1. The van der Waals surface area contributed by atoms with E-state index in [0.29, 0.717) is 16.3 Å². The molecule has 0 aromatic heterocycles. The Morgan fingerprint density at radius 2 is 2.33 bits per heavy atom. The number of rotatable bonds is 3. The second-order valence-electron chi connectivity index (χ2n) is 2.92. The maximum absolute atomic E-state index is 8.92. The number of benzene rings is 1. The van der Waals surface area contributed by atoms with Crippen molar-refractivity contribution in [1.29, 1.82) is 5.26 Å². The van der Waals surface area contributed by atoms with Crippen LogP contribution in [0.4, 0.5) is 5.69 Å². The second kappa shape index (κ2) is 5.23. The summed E-state index contributed by atoms with van der Waals surface area (Å²) >= 11 is 5.88. The van der Waals surface area contributed by atoms with E-state index < -0.39 is 0 Å². The van der Waals surface area contributed by atoms with Crippen LogP contribution in [0.1, 0.15) is 12.5 Å². The molecular formula is C12H11ClN2. The normalized spacial score (nSPS) is 9.93. The Morgan fingerprint density at radius 1 is 1.60 bits per heavy atom. The Labute approximate surface area is 94.5 Å². The van der Waals surface area contributed by atoms with E-state index in [4.69, 9.17) is 16.9 Å². The molecule has 0 saturated heterocycles. The lowest BCUT2D eigenvalue weighted by molar-refractivity contribution is 1.43. The number of halogens is 1. The van der Waals surface area contributed by atoms with Crippen LogP contribution in [0.5, 0.6) is 0 Å². The van der Waals surface area contributed by atoms with Crippen molar-refractivity contribution < 1.29 is 0 Å². The first-order valence-corrected chi connectivity index (χ1v) is 4.84. The fraction of sp³-hybridized carbons (Fsp3) is 0.0833. The van der Waals surface area contributed by atoms with Gasteiger partial charge in [0.25, 0.3) is 0 Å². The van der Waals surface area contributed by atoms with E-state index in [1.807, 2.05) is 19.1 Å². The van der Waals surface area contributed by atoms with Gasteiger partial charge in [0, 0.05) is 5.70 Å². The number of hydrogen-bond donors (Lipinski definition) is 1. The predicted molar refractivity (Wildman–Crippen MR) is 63.7 cm³/mol. The van der Waals surface area contributed by atoms with Crippen LogP contribution < -0.4 is 5.32 Å². The first-order chi connectivity index (χ1) is 7.19. The molecule has 1 aromatic carbocycles. The zero-order chi connectivity index (χ0) is 11.3. The molecule has 2 nitrogen and oxygen atoms in total. The lowest BCUT2D eigenvalue weighted by Crippen LogP contribution is -1.97. The van der Waals surface area contributed by atoms with Crippen molar-refractivity contribution in [3.63, 3.8) is 0 Å². The third-order valence-electron chi connectivity index (χ3n) is 1.79. The van der Waals surface area contributed by atoms with Crippen LogP contribution >= 0.6 is 11.6 Å². The first kappa shape index (κ1) is 11.4. The second-order valence-corrected chi connectivity index (χ2v) is 3.33. The summed E-state index contributed by atoms with van der Waals surface area (Å²) < 4.78 is 0. The number of hydrogen-bond acceptors (Lipinski definition) is 2. The third-order valence-corrected chi connectivity index (χ3v) is 2.10. The molecule has 0 amide bonds. The topological polar surface area (TPSA) is 35.8 Å². The Bertz CT molecular complexity index is 441. The minimum Gasteiger partial charge on any atom is -0.355 e. The summed E-state index contributed by atoms with van der Waals surface area (Å²) in [6.07, 6.45) is 3.69. The van der Waals surface area contributed by atoms with Gasteiger partial charge < -0.3 is 5.32 Å². The lowest BCUT2D eigenvalue weighted by Gasteiger charge is -2.08. The van der Waals surface area contributed by atoms with Crippen LogP contribution in [-0.4, -0.2) is 0 Å². The Kier molecular flexibility index (Phi) is 3.96. The molecule has 76 valence electrons. The lowest BCUT2D eigenvalue weighted by atomic mass is 10.2. The van der Waals surface area contributed by atoms with Crippen LogP contribution in [0.3, 0.4) is 0 Å². The molecule has 3 heteroatoms. The Morgan fingerprint density at radius 3 is 2.93 bits per heavy atom. The smallest absolute Gasteiger partial charge is 0.103 e. The number of allylic oxidation sites excluding steroid dienone is 2. The van der Waals surface area contributed by atoms with Crippen molar-refractivity contribution in [2.24, 2.45) is 0 Å². The highest BCUT2D eigenvalue weighted by Crippen LogP contribution is 2.24. The molecule has 0 heterocycles. The quantitative estimate of drug-likeness (QED) is 0.785. The summed E-state index contributed by atoms with van der Waals surface area (Å²) in [4.78, 5) is 0. The minimum absolute atomic E-state index is 0.435. The summed E-state index contributed by atoms with van der Waals surface area (Å²) in [5.74, 6) is 0. The number of nitrogens with one attached hydrogen (secondary N) is 1. The van der Waals surface area contributed by atoms with E-state index in [-0.39, 0.29) is 0 Å². The van der Waals surface area contributed by atoms with Crippen LogP contribution in [0, 0.1) is 11.3 Å². The molecular weight excluding hydrogens is 208 g/mol. The van der Waals surface area contributed by atoms with Crippen LogP contribution in [-0.2, 0) is 0 Å². The summed E-state index contributed by atoms with van der Waals surface area (Å²) in [6.45, 7) is 5.69. The fourth-order valence-electron chi connectivity index (χ4n) is 1.16. The zero-order valence-corrected chi connectivity index (χ0v) is 9.17. The number of nitrogens with zero attached hydrogens (tertiary/aromatic N) is 1. The van der Waals surface area contributed by atoms with Gasteiger partial charge in [-0.05, 0) is 25.1 Å². The van der Waals surface area contributed by atoms with E-state index in [2.05, 4.69) is 18.0 Å². The molecule has 1 aromatic rings. The van der Waals surface area contributed by atoms with Gasteiger partial charge in [0.2, 0.25) is 0 Å². The van der Waals surface area contributed by atoms with Crippen molar-refractivity contribution in [2.45, 2.75) is 6.92 Å². The molecule has 0 unspecified atom stereocenters. The molecule has 0 spiro atoms. The third kappa shape index (κ3) is 2.87. The molecule has 0 atom stereocenters. The summed E-state index contributed by atoms with van der Waals surface area (Å²) in [5, 5.41) is 12.4. The van der Waals surface area contributed by atoms with Crippen molar-refractivity contribution in [3.05, 3.63) is 53.2 Å². The monoisotopic (exact) mass is 218 g/mol. The number of nitriles is 1. The highest BCUT2D eigenvalue weighted by atomic mass is 35.5. The van der Waals surface area contributed by atoms with E-state index in [1.165, 1.54) is 0 Å². The largest absolute Gasteiger partial charge is 0.355 e. The van der Waals surface area contributed by atoms with Crippen LogP contribution in [0.15, 0.2) is 42.6 Å². The van der Waals surface area contributed by atoms with Crippen molar-refractivity contribution in [3.8, 4) is 6.07 Å². The fourth-order valence-corrected chi connectivity index (χ4v) is 1.37. The van der Waals surface area contributed by atoms with Crippen LogP contribution in [0.25, 0.3) is 0 Å². The molecule has 0 aliphatic heterocycles. The highest BCUT2D eigenvalue weighted by molar-refractivity contribution is 6.32. The average Bonchev–Trinajstić information content (AvgIpc) is 2.18. The van der Waals surface area contributed by atoms with Crippen molar-refractivity contribution in [2.75, 3.05) is 5.32 Å². The Hall–Kier alpha value is -1.72. The van der Waals surface area contributed by atoms with Crippen molar-refractivity contribution >= 4 is 17.3 Å². The maximum atomic E-state index is 8.92. The van der Waals surface area contributed by atoms with E-state index >= 15 is 0 Å². The molecule has 1 N–H and O–H groups in total. The molecule has 1 rings (SSSR count). The highest BCUT2D eigenvalue weighted by Gasteiger charge is 2.05. The SMILES string of the molecule is C=C(/C=C\C)Nc1cccc(Cl)c1C#N. The molecule has 0 fully saturated rings. The molecule has 0 bridgehead atoms. The van der Waals surface area contributed by atoms with E-state index in [0.717, 1.165) is 5.70 Å². The predicted octanol–water partition coefficient (Wildman–Crippen LogP) is 3.71. The average molecular weight is 219 g/mol. The van der Waals surface area contributed by atoms with Gasteiger partial charge in [-0.25, -0.2) is 0 Å². The van der Waals surface area contributed by atoms with Gasteiger partial charge in [-0.2, -0.15) is 5.26 Å². The summed E-state index contributed by atoms with van der Waals surface area (Å²) in [6, 6.07) is 7.31. The van der Waals surface area contributed by atoms with Gasteiger partial charge in [0.1, 0.15) is 6.07 Å². The maximum Gasteiger partial charge on any atom is 0.103 e. The van der Waals surface area contributed by atoms with Gasteiger partial charge in [0.05, 0.1) is 16.3 Å². The van der Waals surface area contributed by atoms with Gasteiger partial charge in [-0.1, -0.05) is 30.3 Å². The van der Waals surface area contributed by atoms with Gasteiger partial charge in [0.15, 0.2) is 0 Å². The summed E-state index contributed by atoms with van der Waals surface area (Å²) in [5.41, 5.74) is 1.83. The first-order valence-electron chi connectivity index (χ1n) is 4.46. The molecule has 0 saturated carbocycles. The standard InChI is InChI=1S/C12H11ClN2/c1-3-5-9(2)15-12-7-4-6-11(13)10(12)8-14/h3-7,15H,2H2,1H3/b5-3-. The van der Waals surface area contributed by atoms with Gasteiger partial charge in [-0.15, -0.1) is 0 Å². The molecule has 0 aliphatic rings. The van der Waals surface area contributed by atoms with Crippen molar-refractivity contribution in [1.82, 2.24) is 0 Å². The van der Waals surface area contributed by atoms with E-state index in [9.17, 15) is 0 Å². The minimum atomic E-state index is 0.435. The van der Waals surface area contributed by atoms with Gasteiger partial charge >= 0.3 is 0 Å². The van der Waals surface area contributed by atoms with E-state index in [1.54, 1.807) is 18.2 Å². The molecule has 0 radical (unpaired) electrons. The van der Waals surface area contributed by atoms with Crippen LogP contribution in [0.2, 0.25) is 5.02 Å². The zero-order valence-electron chi connectivity index (χ0n) is 8.42. The molecule has 0 aliphatic carbocycles.